The van der Waals surface area contributed by atoms with Crippen molar-refractivity contribution in [3.8, 4) is 0 Å². The molecule has 1 atom stereocenters. The highest BCUT2D eigenvalue weighted by Crippen LogP contribution is 2.31. The van der Waals surface area contributed by atoms with Crippen molar-refractivity contribution in [3.63, 3.8) is 0 Å². The molecule has 0 radical (unpaired) electrons. The maximum absolute atomic E-state index is 12.7. The SMILES string of the molecule is CCC(CC)c1nnc(NC(=O)C2CC(=O)N(c3cc(C)ccc3C)C2)s1. The fourth-order valence-corrected chi connectivity index (χ4v) is 4.43. The van der Waals surface area contributed by atoms with Crippen LogP contribution in [0.2, 0.25) is 0 Å². The first-order valence-electron chi connectivity index (χ1n) is 9.44. The Hall–Kier alpha value is -2.28. The third kappa shape index (κ3) is 4.18. The zero-order chi connectivity index (χ0) is 19.6. The Labute approximate surface area is 164 Å². The topological polar surface area (TPSA) is 75.2 Å². The average molecular weight is 387 g/mol. The van der Waals surface area contributed by atoms with Gasteiger partial charge < -0.3 is 10.2 Å². The van der Waals surface area contributed by atoms with Crippen molar-refractivity contribution < 1.29 is 9.59 Å². The molecule has 144 valence electrons. The van der Waals surface area contributed by atoms with Crippen LogP contribution in [0.4, 0.5) is 10.8 Å². The van der Waals surface area contributed by atoms with E-state index < -0.39 is 0 Å². The van der Waals surface area contributed by atoms with E-state index in [9.17, 15) is 9.59 Å². The van der Waals surface area contributed by atoms with Crippen LogP contribution in [0.3, 0.4) is 0 Å². The lowest BCUT2D eigenvalue weighted by Gasteiger charge is -2.19. The highest BCUT2D eigenvalue weighted by atomic mass is 32.1. The van der Waals surface area contributed by atoms with E-state index >= 15 is 0 Å². The van der Waals surface area contributed by atoms with Crippen LogP contribution in [0, 0.1) is 19.8 Å². The summed E-state index contributed by atoms with van der Waals surface area (Å²) >= 11 is 1.43. The molecule has 0 aliphatic carbocycles. The Morgan fingerprint density at radius 2 is 2.04 bits per heavy atom. The van der Waals surface area contributed by atoms with Crippen molar-refractivity contribution in [1.29, 1.82) is 0 Å². The van der Waals surface area contributed by atoms with E-state index in [1.54, 1.807) is 4.90 Å². The van der Waals surface area contributed by atoms with Crippen LogP contribution < -0.4 is 10.2 Å². The summed E-state index contributed by atoms with van der Waals surface area (Å²) in [5.41, 5.74) is 3.02. The highest BCUT2D eigenvalue weighted by molar-refractivity contribution is 7.15. The Kier molecular flexibility index (Phi) is 5.89. The van der Waals surface area contributed by atoms with Crippen molar-refractivity contribution in [2.24, 2.45) is 5.92 Å². The maximum Gasteiger partial charge on any atom is 0.231 e. The van der Waals surface area contributed by atoms with Gasteiger partial charge in [-0.05, 0) is 43.9 Å². The van der Waals surface area contributed by atoms with Gasteiger partial charge in [0.05, 0.1) is 5.92 Å². The molecule has 1 N–H and O–H groups in total. The Balaban J connectivity index is 1.68. The van der Waals surface area contributed by atoms with E-state index in [0.717, 1.165) is 34.7 Å². The molecular formula is C20H26N4O2S. The number of rotatable bonds is 6. The van der Waals surface area contributed by atoms with Crippen molar-refractivity contribution in [2.75, 3.05) is 16.8 Å². The molecule has 1 aliphatic heterocycles. The van der Waals surface area contributed by atoms with Gasteiger partial charge in [-0.15, -0.1) is 10.2 Å². The summed E-state index contributed by atoms with van der Waals surface area (Å²) in [5.74, 6) is -0.179. The average Bonchev–Trinajstić information content (AvgIpc) is 3.25. The molecule has 0 saturated carbocycles. The molecule has 1 aliphatic rings. The minimum absolute atomic E-state index is 0.0150. The van der Waals surface area contributed by atoms with Gasteiger partial charge in [0.15, 0.2) is 0 Å². The van der Waals surface area contributed by atoms with Crippen LogP contribution in [0.5, 0.6) is 0 Å². The van der Waals surface area contributed by atoms with Crippen molar-refractivity contribution in [1.82, 2.24) is 10.2 Å². The number of hydrogen-bond acceptors (Lipinski definition) is 5. The number of hydrogen-bond donors (Lipinski definition) is 1. The number of benzene rings is 1. The second kappa shape index (κ2) is 8.17. The van der Waals surface area contributed by atoms with E-state index in [1.165, 1.54) is 11.3 Å². The number of anilines is 2. The molecular weight excluding hydrogens is 360 g/mol. The Morgan fingerprint density at radius 3 is 2.74 bits per heavy atom. The highest BCUT2D eigenvalue weighted by Gasteiger charge is 2.36. The number of nitrogens with zero attached hydrogens (tertiary/aromatic N) is 3. The summed E-state index contributed by atoms with van der Waals surface area (Å²) in [7, 11) is 0. The first-order valence-corrected chi connectivity index (χ1v) is 10.3. The minimum Gasteiger partial charge on any atom is -0.311 e. The van der Waals surface area contributed by atoms with E-state index in [-0.39, 0.29) is 24.2 Å². The molecule has 2 aromatic rings. The number of aromatic nitrogens is 2. The molecule has 6 nitrogen and oxygen atoms in total. The van der Waals surface area contributed by atoms with Gasteiger partial charge >= 0.3 is 0 Å². The Morgan fingerprint density at radius 1 is 1.30 bits per heavy atom. The van der Waals surface area contributed by atoms with Crippen LogP contribution in [-0.2, 0) is 9.59 Å². The molecule has 0 spiro atoms. The predicted octanol–water partition coefficient (Wildman–Crippen LogP) is 4.05. The predicted molar refractivity (Wildman–Crippen MR) is 108 cm³/mol. The molecule has 2 amide bonds. The summed E-state index contributed by atoms with van der Waals surface area (Å²) < 4.78 is 0. The van der Waals surface area contributed by atoms with Crippen LogP contribution in [0.25, 0.3) is 0 Å². The lowest BCUT2D eigenvalue weighted by Crippen LogP contribution is -2.28. The molecule has 1 fully saturated rings. The summed E-state index contributed by atoms with van der Waals surface area (Å²) in [4.78, 5) is 26.9. The molecule has 1 unspecified atom stereocenters. The first kappa shape index (κ1) is 19.5. The van der Waals surface area contributed by atoms with Gasteiger partial charge in [-0.25, -0.2) is 0 Å². The molecule has 1 saturated heterocycles. The van der Waals surface area contributed by atoms with Crippen LogP contribution in [0.15, 0.2) is 18.2 Å². The van der Waals surface area contributed by atoms with Gasteiger partial charge in [-0.1, -0.05) is 37.3 Å². The zero-order valence-corrected chi connectivity index (χ0v) is 17.1. The minimum atomic E-state index is -0.377. The van der Waals surface area contributed by atoms with Crippen molar-refractivity contribution in [2.45, 2.75) is 52.9 Å². The normalized spacial score (nSPS) is 17.0. The van der Waals surface area contributed by atoms with Crippen LogP contribution in [-0.4, -0.2) is 28.6 Å². The summed E-state index contributed by atoms with van der Waals surface area (Å²) in [6, 6.07) is 6.03. The van der Waals surface area contributed by atoms with E-state index in [1.807, 2.05) is 32.0 Å². The third-order valence-corrected chi connectivity index (χ3v) is 6.16. The standard InChI is InChI=1S/C20H26N4O2S/c1-5-14(6-2)19-22-23-20(27-19)21-18(26)15-10-17(25)24(11-15)16-9-12(3)7-8-13(16)4/h7-9,14-15H,5-6,10-11H2,1-4H3,(H,21,23,26). The van der Waals surface area contributed by atoms with Gasteiger partial charge in [-0.2, -0.15) is 0 Å². The van der Waals surface area contributed by atoms with Crippen LogP contribution >= 0.6 is 11.3 Å². The second-order valence-electron chi connectivity index (χ2n) is 7.14. The van der Waals surface area contributed by atoms with Gasteiger partial charge in [0.2, 0.25) is 16.9 Å². The van der Waals surface area contributed by atoms with E-state index in [4.69, 9.17) is 0 Å². The number of aryl methyl sites for hydroxylation is 2. The number of amides is 2. The molecule has 0 bridgehead atoms. The molecule has 7 heteroatoms. The molecule has 1 aromatic heterocycles. The largest absolute Gasteiger partial charge is 0.311 e. The third-order valence-electron chi connectivity index (χ3n) is 5.16. The van der Waals surface area contributed by atoms with E-state index in [0.29, 0.717) is 17.6 Å². The van der Waals surface area contributed by atoms with Gasteiger partial charge in [0, 0.05) is 24.6 Å². The number of nitrogens with one attached hydrogen (secondary N) is 1. The molecule has 3 rings (SSSR count). The quantitative estimate of drug-likeness (QED) is 0.813. The van der Waals surface area contributed by atoms with Crippen molar-refractivity contribution >= 4 is 34.0 Å². The monoisotopic (exact) mass is 386 g/mol. The van der Waals surface area contributed by atoms with Gasteiger partial charge in [-0.3, -0.25) is 9.59 Å². The zero-order valence-electron chi connectivity index (χ0n) is 16.3. The summed E-state index contributed by atoms with van der Waals surface area (Å²) in [5, 5.41) is 12.6. The lowest BCUT2D eigenvalue weighted by molar-refractivity contribution is -0.122. The first-order chi connectivity index (χ1) is 12.9. The molecule has 2 heterocycles. The van der Waals surface area contributed by atoms with Crippen LogP contribution in [0.1, 0.15) is 55.2 Å². The molecule has 1 aromatic carbocycles. The second-order valence-corrected chi connectivity index (χ2v) is 8.15. The maximum atomic E-state index is 12.7. The smallest absolute Gasteiger partial charge is 0.231 e. The van der Waals surface area contributed by atoms with E-state index in [2.05, 4.69) is 29.4 Å². The van der Waals surface area contributed by atoms with Gasteiger partial charge in [0.1, 0.15) is 5.01 Å². The summed E-state index contributed by atoms with van der Waals surface area (Å²) in [6.07, 6.45) is 2.22. The number of carbonyl (C=O) groups excluding carboxylic acids is 2. The lowest BCUT2D eigenvalue weighted by atomic mass is 10.1. The fraction of sp³-hybridized carbons (Fsp3) is 0.500. The Bertz CT molecular complexity index is 844. The van der Waals surface area contributed by atoms with Gasteiger partial charge in [0.25, 0.3) is 0 Å². The fourth-order valence-electron chi connectivity index (χ4n) is 3.42. The summed E-state index contributed by atoms with van der Waals surface area (Å²) in [6.45, 7) is 8.63. The van der Waals surface area contributed by atoms with Crippen molar-refractivity contribution in [3.05, 3.63) is 34.3 Å². The number of carbonyl (C=O) groups is 2. The molecule has 27 heavy (non-hydrogen) atoms.